The number of nitrogens with zero attached hydrogens (tertiary/aromatic N) is 1. The molecule has 0 spiro atoms. The quantitative estimate of drug-likeness (QED) is 0.785. The third-order valence-electron chi connectivity index (χ3n) is 3.56. The van der Waals surface area contributed by atoms with Crippen LogP contribution in [0.5, 0.6) is 0 Å². The van der Waals surface area contributed by atoms with E-state index in [2.05, 4.69) is 10.3 Å². The molecular weight excluding hydrogens is 262 g/mol. The van der Waals surface area contributed by atoms with E-state index >= 15 is 0 Å². The summed E-state index contributed by atoms with van der Waals surface area (Å²) in [5.74, 6) is -1.10. The monoisotopic (exact) mass is 281 g/mol. The van der Waals surface area contributed by atoms with Gasteiger partial charge in [-0.3, -0.25) is 0 Å². The Morgan fingerprint density at radius 2 is 2.25 bits per heavy atom. The third-order valence-corrected chi connectivity index (χ3v) is 3.56. The number of ether oxygens (including phenoxy) is 1. The SMILES string of the molecule is Cc1cc(NC(=O)N(C)C2CCOC2C)c(C(=O)O)[nH]1. The van der Waals surface area contributed by atoms with Crippen LogP contribution < -0.4 is 5.32 Å². The largest absolute Gasteiger partial charge is 0.477 e. The highest BCUT2D eigenvalue weighted by molar-refractivity contribution is 5.99. The van der Waals surface area contributed by atoms with Gasteiger partial charge in [0.2, 0.25) is 0 Å². The molecule has 2 unspecified atom stereocenters. The standard InChI is InChI=1S/C13H19N3O4/c1-7-6-9(11(14-7)12(17)18)15-13(19)16(3)10-4-5-20-8(10)2/h6,8,10,14H,4-5H2,1-3H3,(H,15,19)(H,17,18). The van der Waals surface area contributed by atoms with Crippen LogP contribution in [-0.2, 0) is 4.74 Å². The highest BCUT2D eigenvalue weighted by atomic mass is 16.5. The number of carboxylic acid groups (broad SMARTS) is 1. The number of hydrogen-bond acceptors (Lipinski definition) is 3. The first-order valence-corrected chi connectivity index (χ1v) is 6.48. The minimum Gasteiger partial charge on any atom is -0.477 e. The van der Waals surface area contributed by atoms with Gasteiger partial charge in [-0.1, -0.05) is 0 Å². The zero-order valence-corrected chi connectivity index (χ0v) is 11.8. The number of aromatic nitrogens is 1. The molecule has 1 fully saturated rings. The van der Waals surface area contributed by atoms with Crippen molar-refractivity contribution in [2.45, 2.75) is 32.4 Å². The number of likely N-dealkylation sites (N-methyl/N-ethyl adjacent to an activating group) is 1. The van der Waals surface area contributed by atoms with Crippen molar-refractivity contribution < 1.29 is 19.4 Å². The zero-order valence-electron chi connectivity index (χ0n) is 11.8. The summed E-state index contributed by atoms with van der Waals surface area (Å²) in [5.41, 5.74) is 0.941. The average molecular weight is 281 g/mol. The Balaban J connectivity index is 2.09. The first kappa shape index (κ1) is 14.4. The van der Waals surface area contributed by atoms with E-state index in [9.17, 15) is 9.59 Å². The van der Waals surface area contributed by atoms with E-state index in [1.54, 1.807) is 24.9 Å². The van der Waals surface area contributed by atoms with Gasteiger partial charge in [-0.25, -0.2) is 9.59 Å². The number of rotatable bonds is 3. The van der Waals surface area contributed by atoms with Crippen molar-refractivity contribution in [2.24, 2.45) is 0 Å². The molecule has 0 bridgehead atoms. The van der Waals surface area contributed by atoms with Gasteiger partial charge in [-0.15, -0.1) is 0 Å². The third kappa shape index (κ3) is 2.77. The van der Waals surface area contributed by atoms with E-state index in [1.807, 2.05) is 6.92 Å². The summed E-state index contributed by atoms with van der Waals surface area (Å²) < 4.78 is 5.43. The number of aromatic amines is 1. The molecule has 1 aliphatic heterocycles. The van der Waals surface area contributed by atoms with E-state index < -0.39 is 5.97 Å². The molecular formula is C13H19N3O4. The Hall–Kier alpha value is -2.02. The molecule has 2 atom stereocenters. The maximum Gasteiger partial charge on any atom is 0.354 e. The average Bonchev–Trinajstić information content (AvgIpc) is 2.94. The molecule has 3 N–H and O–H groups in total. The maximum absolute atomic E-state index is 12.2. The van der Waals surface area contributed by atoms with Crippen LogP contribution in [0.15, 0.2) is 6.07 Å². The molecule has 20 heavy (non-hydrogen) atoms. The van der Waals surface area contributed by atoms with Gasteiger partial charge in [-0.05, 0) is 26.3 Å². The summed E-state index contributed by atoms with van der Waals surface area (Å²) in [4.78, 5) is 27.5. The van der Waals surface area contributed by atoms with Crippen molar-refractivity contribution in [3.05, 3.63) is 17.5 Å². The van der Waals surface area contributed by atoms with Crippen molar-refractivity contribution in [1.82, 2.24) is 9.88 Å². The van der Waals surface area contributed by atoms with Crippen molar-refractivity contribution in [1.29, 1.82) is 0 Å². The lowest BCUT2D eigenvalue weighted by Crippen LogP contribution is -2.43. The van der Waals surface area contributed by atoms with Crippen LogP contribution in [0.25, 0.3) is 0 Å². The van der Waals surface area contributed by atoms with Gasteiger partial charge in [0, 0.05) is 19.3 Å². The van der Waals surface area contributed by atoms with Crippen LogP contribution in [0.1, 0.15) is 29.5 Å². The summed E-state index contributed by atoms with van der Waals surface area (Å²) >= 11 is 0. The number of anilines is 1. The first-order valence-electron chi connectivity index (χ1n) is 6.48. The molecule has 2 amide bonds. The fourth-order valence-corrected chi connectivity index (χ4v) is 2.44. The Morgan fingerprint density at radius 1 is 1.55 bits per heavy atom. The number of aromatic carboxylic acids is 1. The smallest absolute Gasteiger partial charge is 0.354 e. The Labute approximate surface area is 116 Å². The van der Waals surface area contributed by atoms with Crippen LogP contribution in [0.4, 0.5) is 10.5 Å². The molecule has 7 nitrogen and oxygen atoms in total. The molecule has 2 heterocycles. The minimum absolute atomic E-state index is 0.00307. The summed E-state index contributed by atoms with van der Waals surface area (Å²) in [7, 11) is 1.69. The molecule has 1 aromatic heterocycles. The van der Waals surface area contributed by atoms with E-state index in [1.165, 1.54) is 0 Å². The topological polar surface area (TPSA) is 94.7 Å². The number of aryl methyl sites for hydroxylation is 1. The number of H-pyrrole nitrogens is 1. The Morgan fingerprint density at radius 3 is 2.80 bits per heavy atom. The van der Waals surface area contributed by atoms with Gasteiger partial charge in [-0.2, -0.15) is 0 Å². The molecule has 1 saturated heterocycles. The number of urea groups is 1. The van der Waals surface area contributed by atoms with Crippen molar-refractivity contribution in [3.8, 4) is 0 Å². The molecule has 7 heteroatoms. The molecule has 0 saturated carbocycles. The van der Waals surface area contributed by atoms with Crippen LogP contribution in [0.2, 0.25) is 0 Å². The van der Waals surface area contributed by atoms with Crippen molar-refractivity contribution >= 4 is 17.7 Å². The normalized spacial score (nSPS) is 21.8. The number of carboxylic acids is 1. The zero-order chi connectivity index (χ0) is 14.9. The summed E-state index contributed by atoms with van der Waals surface area (Å²) in [6.07, 6.45) is 0.765. The maximum atomic E-state index is 12.2. The predicted molar refractivity (Wildman–Crippen MR) is 73.1 cm³/mol. The van der Waals surface area contributed by atoms with E-state index in [0.717, 1.165) is 6.42 Å². The molecule has 0 radical (unpaired) electrons. The number of amides is 2. The number of carbonyl (C=O) groups excluding carboxylic acids is 1. The van der Waals surface area contributed by atoms with E-state index in [-0.39, 0.29) is 29.6 Å². The predicted octanol–water partition coefficient (Wildman–Crippen LogP) is 1.66. The lowest BCUT2D eigenvalue weighted by atomic mass is 10.1. The van der Waals surface area contributed by atoms with Crippen LogP contribution >= 0.6 is 0 Å². The lowest BCUT2D eigenvalue weighted by molar-refractivity contribution is 0.0692. The van der Waals surface area contributed by atoms with Crippen LogP contribution in [0, 0.1) is 6.92 Å². The second-order valence-corrected chi connectivity index (χ2v) is 5.02. The van der Waals surface area contributed by atoms with Crippen LogP contribution in [-0.4, -0.2) is 52.8 Å². The number of nitrogens with one attached hydrogen (secondary N) is 2. The van der Waals surface area contributed by atoms with E-state index in [4.69, 9.17) is 9.84 Å². The Bertz CT molecular complexity index is 526. The summed E-state index contributed by atoms with van der Waals surface area (Å²) in [5, 5.41) is 11.7. The number of carbonyl (C=O) groups is 2. The van der Waals surface area contributed by atoms with Gasteiger partial charge in [0.25, 0.3) is 0 Å². The molecule has 0 aliphatic carbocycles. The Kier molecular flexibility index (Phi) is 3.99. The van der Waals surface area contributed by atoms with Gasteiger partial charge >= 0.3 is 12.0 Å². The second-order valence-electron chi connectivity index (χ2n) is 5.02. The molecule has 2 rings (SSSR count). The molecule has 1 aromatic rings. The molecule has 1 aliphatic rings. The summed E-state index contributed by atoms with van der Waals surface area (Å²) in [6, 6.07) is 1.27. The van der Waals surface area contributed by atoms with E-state index in [0.29, 0.717) is 12.3 Å². The first-order chi connectivity index (χ1) is 9.40. The fraction of sp³-hybridized carbons (Fsp3) is 0.538. The van der Waals surface area contributed by atoms with Crippen LogP contribution in [0.3, 0.4) is 0 Å². The molecule has 110 valence electrons. The van der Waals surface area contributed by atoms with Gasteiger partial charge in [0.1, 0.15) is 5.69 Å². The van der Waals surface area contributed by atoms with Gasteiger partial charge in [0.05, 0.1) is 17.8 Å². The van der Waals surface area contributed by atoms with Crippen molar-refractivity contribution in [3.63, 3.8) is 0 Å². The minimum atomic E-state index is -1.10. The molecule has 0 aromatic carbocycles. The summed E-state index contributed by atoms with van der Waals surface area (Å²) in [6.45, 7) is 4.29. The van der Waals surface area contributed by atoms with Crippen molar-refractivity contribution in [2.75, 3.05) is 19.0 Å². The lowest BCUT2D eigenvalue weighted by Gasteiger charge is -2.26. The highest BCUT2D eigenvalue weighted by Crippen LogP contribution is 2.21. The number of hydrogen-bond donors (Lipinski definition) is 3. The van der Waals surface area contributed by atoms with Gasteiger partial charge < -0.3 is 25.0 Å². The highest BCUT2D eigenvalue weighted by Gasteiger charge is 2.31. The fourth-order valence-electron chi connectivity index (χ4n) is 2.44. The second kappa shape index (κ2) is 5.54. The van der Waals surface area contributed by atoms with Gasteiger partial charge in [0.15, 0.2) is 0 Å².